The first-order chi connectivity index (χ1) is 15.0. The van der Waals surface area contributed by atoms with Gasteiger partial charge in [0.2, 0.25) is 5.91 Å². The molecule has 3 aromatic rings. The Morgan fingerprint density at radius 3 is 2.68 bits per heavy atom. The lowest BCUT2D eigenvalue weighted by Crippen LogP contribution is -2.29. The molecule has 1 amide bonds. The Hall–Kier alpha value is -2.97. The van der Waals surface area contributed by atoms with Gasteiger partial charge in [-0.15, -0.1) is 0 Å². The van der Waals surface area contributed by atoms with Crippen molar-refractivity contribution in [1.29, 1.82) is 0 Å². The minimum atomic E-state index is -0.166. The molecule has 0 saturated carbocycles. The van der Waals surface area contributed by atoms with Crippen LogP contribution in [-0.2, 0) is 16.1 Å². The molecule has 1 aliphatic heterocycles. The van der Waals surface area contributed by atoms with Gasteiger partial charge in [0.05, 0.1) is 29.3 Å². The number of amides is 1. The number of aromatic nitrogens is 2. The maximum absolute atomic E-state index is 13.1. The molecule has 8 heteroatoms. The van der Waals surface area contributed by atoms with E-state index in [-0.39, 0.29) is 29.1 Å². The van der Waals surface area contributed by atoms with Crippen LogP contribution in [0, 0.1) is 0 Å². The summed E-state index contributed by atoms with van der Waals surface area (Å²) in [6.07, 6.45) is 1.87. The third kappa shape index (κ3) is 5.03. The van der Waals surface area contributed by atoms with Gasteiger partial charge in [0.1, 0.15) is 0 Å². The van der Waals surface area contributed by atoms with Crippen molar-refractivity contribution in [1.82, 2.24) is 9.55 Å². The number of nitrogens with zero attached hydrogens (tertiary/aromatic N) is 2. The zero-order chi connectivity index (χ0) is 21.8. The highest BCUT2D eigenvalue weighted by molar-refractivity contribution is 7.99. The first-order valence-electron chi connectivity index (χ1n) is 10.2. The zero-order valence-corrected chi connectivity index (χ0v) is 18.0. The van der Waals surface area contributed by atoms with E-state index in [9.17, 15) is 14.4 Å². The van der Waals surface area contributed by atoms with E-state index in [1.807, 2.05) is 12.1 Å². The monoisotopic (exact) mass is 437 g/mol. The smallest absolute Gasteiger partial charge is 0.262 e. The maximum atomic E-state index is 13.1. The molecule has 2 heterocycles. The largest absolute Gasteiger partial charge is 0.376 e. The lowest BCUT2D eigenvalue weighted by molar-refractivity contribution is -0.114. The molecule has 4 rings (SSSR count). The van der Waals surface area contributed by atoms with Crippen molar-refractivity contribution in [2.75, 3.05) is 17.7 Å². The van der Waals surface area contributed by atoms with Crippen molar-refractivity contribution in [3.05, 3.63) is 64.4 Å². The van der Waals surface area contributed by atoms with Crippen LogP contribution in [0.5, 0.6) is 0 Å². The van der Waals surface area contributed by atoms with Gasteiger partial charge < -0.3 is 10.1 Å². The second-order valence-corrected chi connectivity index (χ2v) is 8.38. The van der Waals surface area contributed by atoms with Gasteiger partial charge in [-0.05, 0) is 49.2 Å². The third-order valence-electron chi connectivity index (χ3n) is 5.10. The Labute approximate surface area is 183 Å². The minimum Gasteiger partial charge on any atom is -0.376 e. The Morgan fingerprint density at radius 2 is 1.97 bits per heavy atom. The quantitative estimate of drug-likeness (QED) is 0.346. The zero-order valence-electron chi connectivity index (χ0n) is 17.2. The summed E-state index contributed by atoms with van der Waals surface area (Å²) >= 11 is 1.25. The molecular formula is C23H23N3O4S. The fraction of sp³-hybridized carbons (Fsp3) is 0.304. The standard InChI is InChI=1S/C23H23N3O4S/c1-15(27)24-17-10-8-16(9-11-17)21(28)14-31-23-25-20-7-3-2-6-19(20)22(29)26(23)13-18-5-4-12-30-18/h2-3,6-11,18H,4-5,12-14H2,1H3,(H,24,27)/t18-/m0/s1. The molecule has 0 bridgehead atoms. The van der Waals surface area contributed by atoms with E-state index >= 15 is 0 Å². The van der Waals surface area contributed by atoms with Crippen LogP contribution < -0.4 is 10.9 Å². The molecule has 0 aliphatic carbocycles. The van der Waals surface area contributed by atoms with Crippen molar-refractivity contribution >= 4 is 40.0 Å². The summed E-state index contributed by atoms with van der Waals surface area (Å²) < 4.78 is 7.35. The number of fused-ring (bicyclic) bond motifs is 1. The van der Waals surface area contributed by atoms with Crippen molar-refractivity contribution in [3.8, 4) is 0 Å². The van der Waals surface area contributed by atoms with E-state index < -0.39 is 0 Å². The lowest BCUT2D eigenvalue weighted by Gasteiger charge is -2.16. The first kappa shape index (κ1) is 21.3. The molecule has 2 aromatic carbocycles. The number of anilines is 1. The van der Waals surface area contributed by atoms with E-state index in [0.29, 0.717) is 40.5 Å². The molecular weight excluding hydrogens is 414 g/mol. The number of Topliss-reactive ketones (excluding diaryl/α,β-unsaturated/α-hetero) is 1. The molecule has 1 aliphatic rings. The van der Waals surface area contributed by atoms with Gasteiger partial charge >= 0.3 is 0 Å². The summed E-state index contributed by atoms with van der Waals surface area (Å²) in [5.41, 5.74) is 1.68. The van der Waals surface area contributed by atoms with E-state index in [2.05, 4.69) is 10.3 Å². The summed E-state index contributed by atoms with van der Waals surface area (Å²) in [6, 6.07) is 14.0. The Morgan fingerprint density at radius 1 is 1.19 bits per heavy atom. The highest BCUT2D eigenvalue weighted by atomic mass is 32.2. The predicted octanol–water partition coefficient (Wildman–Crippen LogP) is 3.51. The number of nitrogens with one attached hydrogen (secondary N) is 1. The number of carbonyl (C=O) groups is 2. The summed E-state index contributed by atoms with van der Waals surface area (Å²) in [5.74, 6) is -0.0952. The minimum absolute atomic E-state index is 0.0166. The molecule has 1 fully saturated rings. The van der Waals surface area contributed by atoms with E-state index in [0.717, 1.165) is 12.8 Å². The van der Waals surface area contributed by atoms with Crippen LogP contribution in [0.3, 0.4) is 0 Å². The van der Waals surface area contributed by atoms with Crippen LogP contribution in [0.15, 0.2) is 58.5 Å². The third-order valence-corrected chi connectivity index (χ3v) is 6.07. The van der Waals surface area contributed by atoms with Crippen LogP contribution in [0.1, 0.15) is 30.1 Å². The maximum Gasteiger partial charge on any atom is 0.262 e. The summed E-state index contributed by atoms with van der Waals surface area (Å²) in [6.45, 7) is 2.57. The van der Waals surface area contributed by atoms with E-state index in [1.54, 1.807) is 41.0 Å². The summed E-state index contributed by atoms with van der Waals surface area (Å²) in [7, 11) is 0. The molecule has 1 saturated heterocycles. The molecule has 0 radical (unpaired) electrons. The average Bonchev–Trinajstić information content (AvgIpc) is 3.28. The number of ketones is 1. The number of thioether (sulfide) groups is 1. The second kappa shape index (κ2) is 9.45. The van der Waals surface area contributed by atoms with Gasteiger partial charge in [0.15, 0.2) is 10.9 Å². The van der Waals surface area contributed by atoms with E-state index in [1.165, 1.54) is 18.7 Å². The van der Waals surface area contributed by atoms with Gasteiger partial charge in [-0.1, -0.05) is 23.9 Å². The highest BCUT2D eigenvalue weighted by Crippen LogP contribution is 2.22. The SMILES string of the molecule is CC(=O)Nc1ccc(C(=O)CSc2nc3ccccc3c(=O)n2C[C@@H]2CCCO2)cc1. The fourth-order valence-corrected chi connectivity index (χ4v) is 4.47. The molecule has 1 N–H and O–H groups in total. The first-order valence-corrected chi connectivity index (χ1v) is 11.1. The van der Waals surface area contributed by atoms with Crippen molar-refractivity contribution in [2.24, 2.45) is 0 Å². The van der Waals surface area contributed by atoms with Gasteiger partial charge in [0.25, 0.3) is 5.56 Å². The molecule has 0 unspecified atom stereocenters. The highest BCUT2D eigenvalue weighted by Gasteiger charge is 2.21. The number of ether oxygens (including phenoxy) is 1. The number of carbonyl (C=O) groups excluding carboxylic acids is 2. The number of rotatable bonds is 7. The lowest BCUT2D eigenvalue weighted by atomic mass is 10.1. The van der Waals surface area contributed by atoms with Gasteiger partial charge in [-0.2, -0.15) is 0 Å². The molecule has 160 valence electrons. The van der Waals surface area contributed by atoms with Crippen LogP contribution >= 0.6 is 11.8 Å². The van der Waals surface area contributed by atoms with Gasteiger partial charge in [-0.3, -0.25) is 19.0 Å². The predicted molar refractivity (Wildman–Crippen MR) is 121 cm³/mol. The van der Waals surface area contributed by atoms with Crippen molar-refractivity contribution in [3.63, 3.8) is 0 Å². The molecule has 31 heavy (non-hydrogen) atoms. The van der Waals surface area contributed by atoms with E-state index in [4.69, 9.17) is 4.74 Å². The molecule has 7 nitrogen and oxygen atoms in total. The Bertz CT molecular complexity index is 1170. The fourth-order valence-electron chi connectivity index (χ4n) is 3.57. The summed E-state index contributed by atoms with van der Waals surface area (Å²) in [4.78, 5) is 41.6. The van der Waals surface area contributed by atoms with Gasteiger partial charge in [-0.25, -0.2) is 4.98 Å². The number of benzene rings is 2. The number of para-hydroxylation sites is 1. The number of hydrogen-bond acceptors (Lipinski definition) is 6. The average molecular weight is 438 g/mol. The van der Waals surface area contributed by atoms with Crippen molar-refractivity contribution in [2.45, 2.75) is 37.6 Å². The molecule has 1 atom stereocenters. The van der Waals surface area contributed by atoms with Crippen LogP contribution in [-0.4, -0.2) is 39.7 Å². The Kier molecular flexibility index (Phi) is 6.48. The van der Waals surface area contributed by atoms with Crippen LogP contribution in [0.25, 0.3) is 10.9 Å². The van der Waals surface area contributed by atoms with Crippen LogP contribution in [0.4, 0.5) is 5.69 Å². The normalized spacial score (nSPS) is 15.8. The number of hydrogen-bond donors (Lipinski definition) is 1. The second-order valence-electron chi connectivity index (χ2n) is 7.43. The Balaban J connectivity index is 1.56. The van der Waals surface area contributed by atoms with Crippen LogP contribution in [0.2, 0.25) is 0 Å². The molecule has 1 aromatic heterocycles. The van der Waals surface area contributed by atoms with Crippen molar-refractivity contribution < 1.29 is 14.3 Å². The summed E-state index contributed by atoms with van der Waals surface area (Å²) in [5, 5.41) is 3.75. The topological polar surface area (TPSA) is 90.3 Å². The van der Waals surface area contributed by atoms with Gasteiger partial charge in [0, 0.05) is 24.8 Å². The molecule has 0 spiro atoms.